The summed E-state index contributed by atoms with van der Waals surface area (Å²) in [5.41, 5.74) is 3.11. The topological polar surface area (TPSA) is 132 Å². The number of carbonyl (C=O) groups excluding carboxylic acids is 1. The van der Waals surface area contributed by atoms with Crippen LogP contribution in [0.2, 0.25) is 5.02 Å². The van der Waals surface area contributed by atoms with Gasteiger partial charge in [0.25, 0.3) is 5.91 Å². The SMILES string of the molecule is COc1cc(-c2cc3ncc(CC4(C)OB(c5ccc(NC6CCOCC6)c(C#N)c5)OC4(C)C)c(Cl)c3o2)cnc1C(=O)N(C)C. The van der Waals surface area contributed by atoms with Crippen molar-refractivity contribution >= 4 is 46.9 Å². The first-order chi connectivity index (χ1) is 22.4. The zero-order valence-electron chi connectivity index (χ0n) is 27.3. The molecule has 1 amide bonds. The van der Waals surface area contributed by atoms with Crippen molar-refractivity contribution < 1.29 is 28.0 Å². The third-order valence-electron chi connectivity index (χ3n) is 9.11. The molecule has 1 atom stereocenters. The van der Waals surface area contributed by atoms with Crippen LogP contribution >= 0.6 is 11.6 Å². The molecular weight excluding hydrogens is 621 g/mol. The number of anilines is 1. The number of furan rings is 1. The number of amides is 1. The summed E-state index contributed by atoms with van der Waals surface area (Å²) in [5, 5.41) is 13.8. The van der Waals surface area contributed by atoms with Gasteiger partial charge in [-0.2, -0.15) is 5.26 Å². The Labute approximate surface area is 279 Å². The number of hydrogen-bond donors (Lipinski definition) is 1. The molecule has 1 aromatic carbocycles. The van der Waals surface area contributed by atoms with E-state index in [1.54, 1.807) is 38.6 Å². The zero-order chi connectivity index (χ0) is 33.5. The summed E-state index contributed by atoms with van der Waals surface area (Å²) >= 11 is 6.96. The van der Waals surface area contributed by atoms with Gasteiger partial charge in [0.1, 0.15) is 17.3 Å². The highest BCUT2D eigenvalue weighted by Crippen LogP contribution is 2.42. The van der Waals surface area contributed by atoms with Crippen LogP contribution in [0.5, 0.6) is 5.75 Å². The highest BCUT2D eigenvalue weighted by atomic mass is 35.5. The Balaban J connectivity index is 1.24. The van der Waals surface area contributed by atoms with Crippen LogP contribution in [0.25, 0.3) is 22.4 Å². The monoisotopic (exact) mass is 657 g/mol. The number of rotatable bonds is 8. The minimum Gasteiger partial charge on any atom is -0.494 e. The Hall–Kier alpha value is -4.15. The number of benzene rings is 1. The minimum atomic E-state index is -0.802. The summed E-state index contributed by atoms with van der Waals surface area (Å²) in [6.07, 6.45) is 5.47. The van der Waals surface area contributed by atoms with Crippen LogP contribution in [0, 0.1) is 11.3 Å². The van der Waals surface area contributed by atoms with Gasteiger partial charge in [-0.25, -0.2) is 4.98 Å². The second-order valence-electron chi connectivity index (χ2n) is 12.8. The number of nitrogens with one attached hydrogen (secondary N) is 1. The molecule has 2 fully saturated rings. The molecular formula is C34H37BClN5O6. The molecule has 11 nitrogen and oxygen atoms in total. The molecule has 0 spiro atoms. The highest BCUT2D eigenvalue weighted by Gasteiger charge is 2.54. The van der Waals surface area contributed by atoms with Crippen LogP contribution < -0.4 is 15.5 Å². The Kier molecular flexibility index (Phi) is 8.93. The number of nitriles is 1. The average molecular weight is 658 g/mol. The molecule has 1 N–H and O–H groups in total. The molecule has 2 saturated heterocycles. The number of halogens is 1. The molecule has 47 heavy (non-hydrogen) atoms. The summed E-state index contributed by atoms with van der Waals surface area (Å²) in [5.74, 6) is 0.544. The van der Waals surface area contributed by atoms with Crippen LogP contribution in [0.3, 0.4) is 0 Å². The van der Waals surface area contributed by atoms with Gasteiger partial charge in [0.15, 0.2) is 17.0 Å². The van der Waals surface area contributed by atoms with Crippen LogP contribution in [0.4, 0.5) is 5.69 Å². The standard InChI is InChI=1S/C34H37BClN5O6/c1-33(2)34(3,47-35(46-33)23-7-8-25(20(13-23)17-37)40-24-9-11-44-12-10-24)16-22-19-38-26-15-27(45-31(26)29(22)36)21-14-28(43-6)30(39-18-21)32(42)41(4)5/h7-8,13-15,18-19,24,40H,9-12,16H2,1-6H3. The van der Waals surface area contributed by atoms with E-state index in [-0.39, 0.29) is 17.6 Å². The smallest absolute Gasteiger partial charge is 0.494 e. The van der Waals surface area contributed by atoms with E-state index in [0.717, 1.165) is 29.6 Å². The maximum absolute atomic E-state index is 12.5. The summed E-state index contributed by atoms with van der Waals surface area (Å²) in [6, 6.07) is 11.7. The van der Waals surface area contributed by atoms with Gasteiger partial charge in [-0.1, -0.05) is 17.7 Å². The zero-order valence-corrected chi connectivity index (χ0v) is 28.1. The third kappa shape index (κ3) is 6.28. The molecule has 5 heterocycles. The van der Waals surface area contributed by atoms with Crippen LogP contribution in [-0.4, -0.2) is 79.6 Å². The first kappa shape index (κ1) is 32.8. The number of fused-ring (bicyclic) bond motifs is 1. The molecule has 4 aromatic rings. The summed E-state index contributed by atoms with van der Waals surface area (Å²) in [4.78, 5) is 22.9. The van der Waals surface area contributed by atoms with Gasteiger partial charge >= 0.3 is 7.12 Å². The van der Waals surface area contributed by atoms with Gasteiger partial charge in [-0.05, 0) is 62.8 Å². The van der Waals surface area contributed by atoms with Crippen molar-refractivity contribution in [1.82, 2.24) is 14.9 Å². The van der Waals surface area contributed by atoms with Gasteiger partial charge in [0, 0.05) is 63.8 Å². The fraction of sp³-hybridized carbons (Fsp3) is 0.412. The second-order valence-corrected chi connectivity index (χ2v) is 13.2. The van der Waals surface area contributed by atoms with Crippen molar-refractivity contribution in [1.29, 1.82) is 5.26 Å². The fourth-order valence-electron chi connectivity index (χ4n) is 5.89. The predicted molar refractivity (Wildman–Crippen MR) is 179 cm³/mol. The van der Waals surface area contributed by atoms with Crippen molar-refractivity contribution in [2.45, 2.75) is 57.3 Å². The van der Waals surface area contributed by atoms with E-state index in [0.29, 0.717) is 58.4 Å². The maximum atomic E-state index is 12.5. The third-order valence-corrected chi connectivity index (χ3v) is 9.52. The van der Waals surface area contributed by atoms with Crippen LogP contribution in [-0.2, 0) is 20.5 Å². The first-order valence-electron chi connectivity index (χ1n) is 15.5. The van der Waals surface area contributed by atoms with Crippen molar-refractivity contribution in [3.8, 4) is 23.1 Å². The Morgan fingerprint density at radius 1 is 1.15 bits per heavy atom. The predicted octanol–water partition coefficient (Wildman–Crippen LogP) is 5.24. The largest absolute Gasteiger partial charge is 0.494 e. The van der Waals surface area contributed by atoms with Crippen molar-refractivity contribution in [2.75, 3.05) is 39.7 Å². The van der Waals surface area contributed by atoms with E-state index >= 15 is 0 Å². The average Bonchev–Trinajstić information content (AvgIpc) is 3.60. The number of carbonyl (C=O) groups is 1. The molecule has 3 aromatic heterocycles. The van der Waals surface area contributed by atoms with E-state index in [4.69, 9.17) is 34.8 Å². The number of pyridine rings is 2. The summed E-state index contributed by atoms with van der Waals surface area (Å²) in [6.45, 7) is 7.37. The van der Waals surface area contributed by atoms with Gasteiger partial charge in [0.2, 0.25) is 0 Å². The second kappa shape index (κ2) is 12.8. The van der Waals surface area contributed by atoms with Crippen LogP contribution in [0.15, 0.2) is 47.1 Å². The van der Waals surface area contributed by atoms with E-state index in [1.807, 2.05) is 39.0 Å². The first-order valence-corrected chi connectivity index (χ1v) is 15.9. The van der Waals surface area contributed by atoms with Gasteiger partial charge < -0.3 is 33.4 Å². The molecule has 0 bridgehead atoms. The lowest BCUT2D eigenvalue weighted by Crippen LogP contribution is -2.46. The molecule has 2 aliphatic rings. The number of nitrogens with zero attached hydrogens (tertiary/aromatic N) is 4. The quantitative estimate of drug-likeness (QED) is 0.251. The van der Waals surface area contributed by atoms with Crippen molar-refractivity contribution in [2.24, 2.45) is 0 Å². The van der Waals surface area contributed by atoms with Gasteiger partial charge in [-0.3, -0.25) is 9.78 Å². The van der Waals surface area contributed by atoms with E-state index in [2.05, 4.69) is 21.4 Å². The minimum absolute atomic E-state index is 0.204. The van der Waals surface area contributed by atoms with E-state index < -0.39 is 18.3 Å². The fourth-order valence-corrected chi connectivity index (χ4v) is 6.15. The number of ether oxygens (including phenoxy) is 2. The molecule has 244 valence electrons. The molecule has 0 aliphatic carbocycles. The molecule has 0 saturated carbocycles. The molecule has 1 unspecified atom stereocenters. The number of hydrogen-bond acceptors (Lipinski definition) is 10. The van der Waals surface area contributed by atoms with Crippen molar-refractivity contribution in [3.63, 3.8) is 0 Å². The van der Waals surface area contributed by atoms with Crippen molar-refractivity contribution in [3.05, 3.63) is 64.6 Å². The summed E-state index contributed by atoms with van der Waals surface area (Å²) < 4.78 is 30.2. The highest BCUT2D eigenvalue weighted by molar-refractivity contribution is 6.62. The number of methoxy groups -OCH3 is 1. The lowest BCUT2D eigenvalue weighted by molar-refractivity contribution is -0.00879. The normalized spacial score (nSPS) is 19.5. The maximum Gasteiger partial charge on any atom is 0.494 e. The molecule has 13 heteroatoms. The van der Waals surface area contributed by atoms with E-state index in [1.165, 1.54) is 12.0 Å². The van der Waals surface area contributed by atoms with Crippen LogP contribution in [0.1, 0.15) is 55.2 Å². The Bertz CT molecular complexity index is 1870. The van der Waals surface area contributed by atoms with E-state index in [9.17, 15) is 10.1 Å². The lowest BCUT2D eigenvalue weighted by Gasteiger charge is -2.36. The molecule has 2 aliphatic heterocycles. The van der Waals surface area contributed by atoms with Gasteiger partial charge in [0.05, 0.1) is 34.6 Å². The molecule has 6 rings (SSSR count). The van der Waals surface area contributed by atoms with Gasteiger partial charge in [-0.15, -0.1) is 0 Å². The summed E-state index contributed by atoms with van der Waals surface area (Å²) in [7, 11) is 4.11. The molecule has 0 radical (unpaired) electrons. The lowest BCUT2D eigenvalue weighted by atomic mass is 9.78. The Morgan fingerprint density at radius 2 is 1.91 bits per heavy atom. The Morgan fingerprint density at radius 3 is 2.62 bits per heavy atom. The number of aromatic nitrogens is 2.